The maximum Gasteiger partial charge on any atom is 0.252 e. The van der Waals surface area contributed by atoms with Crippen molar-refractivity contribution in [1.29, 1.82) is 0 Å². The summed E-state index contributed by atoms with van der Waals surface area (Å²) in [5.74, 6) is -0.104. The van der Waals surface area contributed by atoms with E-state index in [-0.39, 0.29) is 30.2 Å². The molecule has 0 fully saturated rings. The Balaban J connectivity index is 1.57. The molecule has 1 heterocycles. The number of aliphatic imine (C=N–C) groups is 2. The molecule has 3 rings (SSSR count). The van der Waals surface area contributed by atoms with Gasteiger partial charge in [0.05, 0.1) is 6.42 Å². The molecule has 1 atom stereocenters. The molecule has 0 bridgehead atoms. The Bertz CT molecular complexity index is 935. The number of carbonyl (C=O) groups excluding carboxylic acids is 2. The van der Waals surface area contributed by atoms with Crippen LogP contribution in [0.4, 0.5) is 11.4 Å². The Labute approximate surface area is 169 Å². The van der Waals surface area contributed by atoms with Crippen LogP contribution in [0.3, 0.4) is 0 Å². The third-order valence-electron chi connectivity index (χ3n) is 4.33. The van der Waals surface area contributed by atoms with Crippen LogP contribution in [0.5, 0.6) is 0 Å². The third kappa shape index (κ3) is 5.65. The SMILES string of the molecule is CC(C)c1ccc(NC(=O)C[C@@H]2N=C(/N=C(\N)Nc3ccccc3)NC2=O)cc1. The van der Waals surface area contributed by atoms with E-state index >= 15 is 0 Å². The van der Waals surface area contributed by atoms with Gasteiger partial charge in [0, 0.05) is 11.4 Å². The summed E-state index contributed by atoms with van der Waals surface area (Å²) < 4.78 is 0. The number of nitrogens with zero attached hydrogens (tertiary/aromatic N) is 2. The van der Waals surface area contributed by atoms with E-state index < -0.39 is 6.04 Å². The largest absolute Gasteiger partial charge is 0.369 e. The second-order valence-electron chi connectivity index (χ2n) is 6.97. The third-order valence-corrected chi connectivity index (χ3v) is 4.33. The molecule has 1 aliphatic rings. The number of anilines is 2. The van der Waals surface area contributed by atoms with Crippen LogP contribution in [0.2, 0.25) is 0 Å². The molecule has 2 amide bonds. The average molecular weight is 392 g/mol. The molecule has 0 radical (unpaired) electrons. The smallest absolute Gasteiger partial charge is 0.252 e. The van der Waals surface area contributed by atoms with Gasteiger partial charge in [-0.1, -0.05) is 44.2 Å². The Morgan fingerprint density at radius 1 is 1.10 bits per heavy atom. The minimum atomic E-state index is -0.840. The number of amides is 2. The zero-order valence-corrected chi connectivity index (χ0v) is 16.3. The maximum absolute atomic E-state index is 12.3. The highest BCUT2D eigenvalue weighted by molar-refractivity contribution is 6.11. The van der Waals surface area contributed by atoms with E-state index in [1.54, 1.807) is 0 Å². The highest BCUT2D eigenvalue weighted by Crippen LogP contribution is 2.17. The van der Waals surface area contributed by atoms with Gasteiger partial charge in [-0.2, -0.15) is 4.99 Å². The molecule has 0 saturated carbocycles. The number of carbonyl (C=O) groups is 2. The van der Waals surface area contributed by atoms with Crippen LogP contribution < -0.4 is 21.7 Å². The Hall–Kier alpha value is -3.68. The number of guanidine groups is 2. The summed E-state index contributed by atoms with van der Waals surface area (Å²) in [5, 5.41) is 8.22. The number of hydrogen-bond donors (Lipinski definition) is 4. The summed E-state index contributed by atoms with van der Waals surface area (Å²) in [6.45, 7) is 4.21. The van der Waals surface area contributed by atoms with E-state index in [0.717, 1.165) is 5.69 Å². The van der Waals surface area contributed by atoms with Gasteiger partial charge in [-0.25, -0.2) is 4.99 Å². The lowest BCUT2D eigenvalue weighted by Gasteiger charge is -2.09. The van der Waals surface area contributed by atoms with Gasteiger partial charge in [0.2, 0.25) is 17.8 Å². The number of benzene rings is 2. The zero-order valence-electron chi connectivity index (χ0n) is 16.3. The van der Waals surface area contributed by atoms with Crippen LogP contribution in [-0.4, -0.2) is 29.8 Å². The Morgan fingerprint density at radius 2 is 1.76 bits per heavy atom. The highest BCUT2D eigenvalue weighted by atomic mass is 16.2. The molecule has 0 aliphatic carbocycles. The van der Waals surface area contributed by atoms with Gasteiger partial charge in [0.1, 0.15) is 6.04 Å². The molecule has 0 spiro atoms. The molecule has 0 aromatic heterocycles. The lowest BCUT2D eigenvalue weighted by atomic mass is 10.0. The number of para-hydroxylation sites is 1. The first-order valence-corrected chi connectivity index (χ1v) is 9.35. The van der Waals surface area contributed by atoms with Gasteiger partial charge in [-0.05, 0) is 35.7 Å². The van der Waals surface area contributed by atoms with Crippen molar-refractivity contribution in [1.82, 2.24) is 5.32 Å². The molecule has 5 N–H and O–H groups in total. The van der Waals surface area contributed by atoms with Crippen LogP contribution in [0.1, 0.15) is 31.7 Å². The van der Waals surface area contributed by atoms with Gasteiger partial charge in [-0.3, -0.25) is 14.9 Å². The molecule has 0 unspecified atom stereocenters. The predicted octanol–water partition coefficient (Wildman–Crippen LogP) is 2.42. The van der Waals surface area contributed by atoms with Crippen LogP contribution in [0.15, 0.2) is 64.6 Å². The summed E-state index contributed by atoms with van der Waals surface area (Å²) >= 11 is 0. The van der Waals surface area contributed by atoms with E-state index in [0.29, 0.717) is 11.6 Å². The van der Waals surface area contributed by atoms with Crippen molar-refractivity contribution < 1.29 is 9.59 Å². The van der Waals surface area contributed by atoms with E-state index in [2.05, 4.69) is 39.8 Å². The highest BCUT2D eigenvalue weighted by Gasteiger charge is 2.28. The van der Waals surface area contributed by atoms with Crippen LogP contribution in [0.25, 0.3) is 0 Å². The van der Waals surface area contributed by atoms with Crippen molar-refractivity contribution in [2.75, 3.05) is 10.6 Å². The molecule has 0 saturated heterocycles. The number of rotatable bonds is 5. The van der Waals surface area contributed by atoms with E-state index in [9.17, 15) is 9.59 Å². The van der Waals surface area contributed by atoms with Crippen molar-refractivity contribution >= 4 is 35.1 Å². The van der Waals surface area contributed by atoms with Crippen molar-refractivity contribution in [3.8, 4) is 0 Å². The average Bonchev–Trinajstić information content (AvgIpc) is 3.01. The summed E-state index contributed by atoms with van der Waals surface area (Å²) in [6.07, 6.45) is -0.0806. The number of hydrogen-bond acceptors (Lipinski definition) is 4. The van der Waals surface area contributed by atoms with Crippen LogP contribution in [0, 0.1) is 0 Å². The molecule has 150 valence electrons. The van der Waals surface area contributed by atoms with Gasteiger partial charge in [0.15, 0.2) is 0 Å². The minimum Gasteiger partial charge on any atom is -0.369 e. The number of nitrogens with one attached hydrogen (secondary N) is 3. The Kier molecular flexibility index (Phi) is 6.23. The van der Waals surface area contributed by atoms with Crippen molar-refractivity contribution in [3.63, 3.8) is 0 Å². The zero-order chi connectivity index (χ0) is 20.8. The first-order valence-electron chi connectivity index (χ1n) is 9.35. The Morgan fingerprint density at radius 3 is 2.41 bits per heavy atom. The van der Waals surface area contributed by atoms with Crippen molar-refractivity contribution in [2.24, 2.45) is 15.7 Å². The normalized spacial score (nSPS) is 16.4. The summed E-state index contributed by atoms with van der Waals surface area (Å²) in [4.78, 5) is 32.6. The quantitative estimate of drug-likeness (QED) is 0.461. The van der Waals surface area contributed by atoms with Gasteiger partial charge >= 0.3 is 0 Å². The second kappa shape index (κ2) is 9.01. The van der Waals surface area contributed by atoms with E-state index in [4.69, 9.17) is 5.73 Å². The fourth-order valence-corrected chi connectivity index (χ4v) is 2.78. The molecule has 2 aromatic carbocycles. The van der Waals surface area contributed by atoms with Crippen molar-refractivity contribution in [2.45, 2.75) is 32.2 Å². The lowest BCUT2D eigenvalue weighted by Crippen LogP contribution is -2.32. The van der Waals surface area contributed by atoms with E-state index in [1.165, 1.54) is 5.56 Å². The minimum absolute atomic E-state index is 0.0787. The monoisotopic (exact) mass is 392 g/mol. The van der Waals surface area contributed by atoms with Gasteiger partial charge in [-0.15, -0.1) is 0 Å². The second-order valence-corrected chi connectivity index (χ2v) is 6.97. The molecular weight excluding hydrogens is 368 g/mol. The van der Waals surface area contributed by atoms with Gasteiger partial charge < -0.3 is 16.4 Å². The molecular formula is C21H24N6O2. The fraction of sp³-hybridized carbons (Fsp3) is 0.238. The van der Waals surface area contributed by atoms with Crippen molar-refractivity contribution in [3.05, 3.63) is 60.2 Å². The maximum atomic E-state index is 12.3. The summed E-state index contributed by atoms with van der Waals surface area (Å²) in [6, 6.07) is 16.0. The predicted molar refractivity (Wildman–Crippen MR) is 115 cm³/mol. The molecule has 29 heavy (non-hydrogen) atoms. The van der Waals surface area contributed by atoms with E-state index in [1.807, 2.05) is 54.6 Å². The first kappa shape index (κ1) is 20.1. The molecule has 1 aliphatic heterocycles. The van der Waals surface area contributed by atoms with Crippen LogP contribution in [-0.2, 0) is 9.59 Å². The first-order chi connectivity index (χ1) is 13.9. The fourth-order valence-electron chi connectivity index (χ4n) is 2.78. The molecule has 8 heteroatoms. The van der Waals surface area contributed by atoms with Gasteiger partial charge in [0.25, 0.3) is 5.91 Å². The molecule has 2 aromatic rings. The standard InChI is InChI=1S/C21H24N6O2/c1-13(2)14-8-10-16(11-9-14)23-18(28)12-17-19(29)26-21(25-17)27-20(22)24-15-6-4-3-5-7-15/h3-11,13,17H,12H2,1-2H3,(H,23,28)(H4,22,24,25,26,27,29)/t17-/m0/s1. The van der Waals surface area contributed by atoms with Crippen LogP contribution >= 0.6 is 0 Å². The summed E-state index contributed by atoms with van der Waals surface area (Å²) in [7, 11) is 0. The lowest BCUT2D eigenvalue weighted by molar-refractivity contribution is -0.123. The number of nitrogens with two attached hydrogens (primary N) is 1. The topological polar surface area (TPSA) is 121 Å². The summed E-state index contributed by atoms with van der Waals surface area (Å²) in [5.41, 5.74) is 8.47. The molecule has 8 nitrogen and oxygen atoms in total.